The molecule has 0 radical (unpaired) electrons. The molecule has 10 heteroatoms. The first-order valence-corrected chi connectivity index (χ1v) is 12.8. The predicted octanol–water partition coefficient (Wildman–Crippen LogP) is 1.69. The SMILES string of the molecule is O=C(NCCS(=O)(=O)N1C(=O)C2CCCN2C(=O)[C@@H]1Cc1ccccc1)OCc1ccccc1. The van der Waals surface area contributed by atoms with Crippen molar-refractivity contribution in [2.24, 2.45) is 0 Å². The molecular formula is C24H27N3O6S. The van der Waals surface area contributed by atoms with Crippen LogP contribution in [0.4, 0.5) is 4.79 Å². The average Bonchev–Trinajstić information content (AvgIpc) is 3.33. The molecule has 0 aliphatic carbocycles. The number of piperazine rings is 1. The number of fused-ring (bicyclic) bond motifs is 1. The highest BCUT2D eigenvalue weighted by molar-refractivity contribution is 7.89. The number of benzene rings is 2. The zero-order valence-electron chi connectivity index (χ0n) is 18.6. The van der Waals surface area contributed by atoms with Gasteiger partial charge in [-0.1, -0.05) is 60.7 Å². The first-order valence-electron chi connectivity index (χ1n) is 11.2. The fraction of sp³-hybridized carbons (Fsp3) is 0.375. The molecule has 9 nitrogen and oxygen atoms in total. The average molecular weight is 486 g/mol. The second-order valence-corrected chi connectivity index (χ2v) is 10.3. The van der Waals surface area contributed by atoms with Crippen LogP contribution >= 0.6 is 0 Å². The van der Waals surface area contributed by atoms with Gasteiger partial charge in [0.1, 0.15) is 18.7 Å². The Kier molecular flexibility index (Phi) is 7.16. The molecule has 1 unspecified atom stereocenters. The van der Waals surface area contributed by atoms with Gasteiger partial charge < -0.3 is 15.0 Å². The number of amides is 3. The molecule has 1 N–H and O–H groups in total. The lowest BCUT2D eigenvalue weighted by Gasteiger charge is -2.41. The van der Waals surface area contributed by atoms with E-state index in [1.165, 1.54) is 4.90 Å². The second-order valence-electron chi connectivity index (χ2n) is 8.33. The normalized spacial score (nSPS) is 20.2. The van der Waals surface area contributed by atoms with Crippen molar-refractivity contribution in [1.29, 1.82) is 0 Å². The Morgan fingerprint density at radius 2 is 1.62 bits per heavy atom. The second kappa shape index (κ2) is 10.3. The molecule has 0 spiro atoms. The van der Waals surface area contributed by atoms with Crippen molar-refractivity contribution in [2.75, 3.05) is 18.8 Å². The van der Waals surface area contributed by atoms with Crippen molar-refractivity contribution in [3.8, 4) is 0 Å². The van der Waals surface area contributed by atoms with Crippen molar-refractivity contribution in [3.05, 3.63) is 71.8 Å². The van der Waals surface area contributed by atoms with Crippen LogP contribution in [0.5, 0.6) is 0 Å². The number of nitrogens with one attached hydrogen (secondary N) is 1. The van der Waals surface area contributed by atoms with E-state index in [1.54, 1.807) is 36.4 Å². The highest BCUT2D eigenvalue weighted by Crippen LogP contribution is 2.30. The smallest absolute Gasteiger partial charge is 0.407 e. The highest BCUT2D eigenvalue weighted by atomic mass is 32.2. The largest absolute Gasteiger partial charge is 0.445 e. The summed E-state index contributed by atoms with van der Waals surface area (Å²) in [6, 6.07) is 16.2. The summed E-state index contributed by atoms with van der Waals surface area (Å²) < 4.78 is 32.3. The maximum absolute atomic E-state index is 13.2. The lowest BCUT2D eigenvalue weighted by Crippen LogP contribution is -2.65. The maximum Gasteiger partial charge on any atom is 0.407 e. The molecule has 2 heterocycles. The van der Waals surface area contributed by atoms with Crippen molar-refractivity contribution in [1.82, 2.24) is 14.5 Å². The van der Waals surface area contributed by atoms with E-state index in [4.69, 9.17) is 4.74 Å². The molecule has 0 saturated carbocycles. The summed E-state index contributed by atoms with van der Waals surface area (Å²) in [7, 11) is -4.17. The minimum atomic E-state index is -4.17. The molecule has 0 aromatic heterocycles. The number of hydrogen-bond acceptors (Lipinski definition) is 6. The third-order valence-corrected chi connectivity index (χ3v) is 7.77. The Bertz CT molecular complexity index is 1140. The lowest BCUT2D eigenvalue weighted by molar-refractivity contribution is -0.153. The summed E-state index contributed by atoms with van der Waals surface area (Å²) in [5, 5.41) is 2.41. The summed E-state index contributed by atoms with van der Waals surface area (Å²) in [5.74, 6) is -1.46. The summed E-state index contributed by atoms with van der Waals surface area (Å²) in [6.07, 6.45) is 0.435. The Hall–Kier alpha value is -3.40. The topological polar surface area (TPSA) is 113 Å². The monoisotopic (exact) mass is 485 g/mol. The van der Waals surface area contributed by atoms with Gasteiger partial charge in [-0.25, -0.2) is 17.5 Å². The quantitative estimate of drug-likeness (QED) is 0.609. The zero-order valence-corrected chi connectivity index (χ0v) is 19.4. The molecule has 2 aromatic carbocycles. The van der Waals surface area contributed by atoms with Crippen LogP contribution in [0, 0.1) is 0 Å². The van der Waals surface area contributed by atoms with E-state index in [0.29, 0.717) is 19.4 Å². The number of rotatable bonds is 8. The molecule has 180 valence electrons. The van der Waals surface area contributed by atoms with Crippen LogP contribution in [-0.2, 0) is 37.4 Å². The molecule has 0 bridgehead atoms. The van der Waals surface area contributed by atoms with Crippen LogP contribution in [0.2, 0.25) is 0 Å². The highest BCUT2D eigenvalue weighted by Gasteiger charge is 2.51. The van der Waals surface area contributed by atoms with Gasteiger partial charge in [0, 0.05) is 19.5 Å². The molecule has 34 heavy (non-hydrogen) atoms. The van der Waals surface area contributed by atoms with Gasteiger partial charge in [-0.15, -0.1) is 0 Å². The van der Waals surface area contributed by atoms with Crippen LogP contribution in [-0.4, -0.2) is 66.5 Å². The van der Waals surface area contributed by atoms with Crippen LogP contribution in [0.25, 0.3) is 0 Å². The summed E-state index contributed by atoms with van der Waals surface area (Å²) in [5.41, 5.74) is 1.56. The minimum absolute atomic E-state index is 0.0508. The van der Waals surface area contributed by atoms with Crippen LogP contribution in [0.1, 0.15) is 24.0 Å². The van der Waals surface area contributed by atoms with E-state index < -0.39 is 39.9 Å². The summed E-state index contributed by atoms with van der Waals surface area (Å²) >= 11 is 0. The van der Waals surface area contributed by atoms with Crippen LogP contribution < -0.4 is 5.32 Å². The van der Waals surface area contributed by atoms with E-state index >= 15 is 0 Å². The van der Waals surface area contributed by atoms with Gasteiger partial charge in [-0.2, -0.15) is 0 Å². The minimum Gasteiger partial charge on any atom is -0.445 e. The van der Waals surface area contributed by atoms with Gasteiger partial charge in [0.15, 0.2) is 0 Å². The molecule has 3 amide bonds. The number of nitrogens with zero attached hydrogens (tertiary/aromatic N) is 2. The van der Waals surface area contributed by atoms with Gasteiger partial charge in [-0.3, -0.25) is 9.59 Å². The Labute approximate surface area is 198 Å². The van der Waals surface area contributed by atoms with E-state index in [9.17, 15) is 22.8 Å². The van der Waals surface area contributed by atoms with Gasteiger partial charge in [0.2, 0.25) is 15.9 Å². The Morgan fingerprint density at radius 3 is 2.29 bits per heavy atom. The van der Waals surface area contributed by atoms with Crippen molar-refractivity contribution in [2.45, 2.75) is 38.0 Å². The molecular weight excluding hydrogens is 458 g/mol. The number of carbonyl (C=O) groups is 3. The van der Waals surface area contributed by atoms with Crippen molar-refractivity contribution < 1.29 is 27.5 Å². The van der Waals surface area contributed by atoms with Crippen LogP contribution in [0.3, 0.4) is 0 Å². The standard InChI is InChI=1S/C24H27N3O6S/c28-22-21(16-18-8-3-1-4-9-18)27(23(29)20-12-7-14-26(20)22)34(31,32)15-13-25-24(30)33-17-19-10-5-2-6-11-19/h1-6,8-11,20-21H,7,12-17H2,(H,25,30)/t20?,21-/m0/s1. The predicted molar refractivity (Wildman–Crippen MR) is 124 cm³/mol. The molecule has 2 aliphatic heterocycles. The summed E-state index contributed by atoms with van der Waals surface area (Å²) in [4.78, 5) is 39.9. The maximum atomic E-state index is 13.2. The van der Waals surface area contributed by atoms with Crippen LogP contribution in [0.15, 0.2) is 60.7 Å². The van der Waals surface area contributed by atoms with E-state index in [0.717, 1.165) is 15.4 Å². The Morgan fingerprint density at radius 1 is 0.971 bits per heavy atom. The molecule has 2 saturated heterocycles. The summed E-state index contributed by atoms with van der Waals surface area (Å²) in [6.45, 7) is 0.249. The number of ether oxygens (including phenoxy) is 1. The molecule has 4 rings (SSSR count). The van der Waals surface area contributed by atoms with Crippen molar-refractivity contribution >= 4 is 27.9 Å². The van der Waals surface area contributed by atoms with Gasteiger partial charge >= 0.3 is 6.09 Å². The number of sulfonamides is 1. The molecule has 2 aliphatic rings. The number of carbonyl (C=O) groups excluding carboxylic acids is 3. The number of hydrogen-bond donors (Lipinski definition) is 1. The van der Waals surface area contributed by atoms with Gasteiger partial charge in [0.05, 0.1) is 5.75 Å². The van der Waals surface area contributed by atoms with Crippen molar-refractivity contribution in [3.63, 3.8) is 0 Å². The lowest BCUT2D eigenvalue weighted by atomic mass is 10.0. The fourth-order valence-corrected chi connectivity index (χ4v) is 5.88. The Balaban J connectivity index is 1.43. The van der Waals surface area contributed by atoms with Gasteiger partial charge in [0.25, 0.3) is 5.91 Å². The van der Waals surface area contributed by atoms with Gasteiger partial charge in [-0.05, 0) is 24.0 Å². The molecule has 2 aromatic rings. The fourth-order valence-electron chi connectivity index (χ4n) is 4.37. The molecule has 2 atom stereocenters. The first kappa shape index (κ1) is 23.7. The van der Waals surface area contributed by atoms with E-state index in [1.807, 2.05) is 24.3 Å². The zero-order chi connectivity index (χ0) is 24.1. The number of alkyl carbamates (subject to hydrolysis) is 1. The van der Waals surface area contributed by atoms with E-state index in [2.05, 4.69) is 5.32 Å². The third-order valence-electron chi connectivity index (χ3n) is 6.02. The molecule has 2 fully saturated rings. The third kappa shape index (κ3) is 5.22. The van der Waals surface area contributed by atoms with E-state index in [-0.39, 0.29) is 25.5 Å². The first-order chi connectivity index (χ1) is 16.4.